The summed E-state index contributed by atoms with van der Waals surface area (Å²) >= 11 is 13.8. The van der Waals surface area contributed by atoms with Crippen molar-refractivity contribution < 1.29 is 0 Å². The molecule has 0 saturated carbocycles. The fourth-order valence-corrected chi connectivity index (χ4v) is 2.84. The van der Waals surface area contributed by atoms with Gasteiger partial charge in [0.25, 0.3) is 0 Å². The van der Waals surface area contributed by atoms with E-state index in [0.29, 0.717) is 19.8 Å². The van der Waals surface area contributed by atoms with Crippen molar-refractivity contribution in [3.63, 3.8) is 0 Å². The number of aliphatic imine (C=N–C) groups is 1. The van der Waals surface area contributed by atoms with Gasteiger partial charge >= 0.3 is 0 Å². The normalized spacial score (nSPS) is 10.7. The van der Waals surface area contributed by atoms with Crippen molar-refractivity contribution in [3.8, 4) is 12.3 Å². The van der Waals surface area contributed by atoms with Gasteiger partial charge in [0, 0.05) is 8.95 Å². The molecule has 0 saturated heterocycles. The van der Waals surface area contributed by atoms with Gasteiger partial charge in [-0.25, -0.2) is 4.99 Å². The number of halogens is 3. The maximum Gasteiger partial charge on any atom is 0.183 e. The molecule has 0 fully saturated rings. The number of nitrogens with zero attached hydrogens (tertiary/aromatic N) is 3. The standard InChI is InChI=1S/C10H5Br2ClN4S/c1-18-10(16-4-15)17-9-5(3-14)8(13)6(11)2-7(9)12/h2H,1H3,(H,16,17). The van der Waals surface area contributed by atoms with Crippen molar-refractivity contribution in [1.29, 1.82) is 10.5 Å². The van der Waals surface area contributed by atoms with E-state index >= 15 is 0 Å². The first kappa shape index (κ1) is 15.3. The summed E-state index contributed by atoms with van der Waals surface area (Å²) in [6.07, 6.45) is 3.55. The van der Waals surface area contributed by atoms with E-state index in [1.165, 1.54) is 11.8 Å². The zero-order chi connectivity index (χ0) is 13.7. The molecule has 92 valence electrons. The van der Waals surface area contributed by atoms with Crippen LogP contribution in [-0.4, -0.2) is 11.4 Å². The lowest BCUT2D eigenvalue weighted by atomic mass is 10.2. The fourth-order valence-electron chi connectivity index (χ4n) is 1.07. The number of benzene rings is 1. The van der Waals surface area contributed by atoms with Crippen LogP contribution >= 0.6 is 55.2 Å². The monoisotopic (exact) mass is 406 g/mol. The molecule has 1 aromatic rings. The van der Waals surface area contributed by atoms with E-state index in [1.54, 1.807) is 18.5 Å². The Labute approximate surface area is 130 Å². The van der Waals surface area contributed by atoms with Crippen LogP contribution in [0.25, 0.3) is 0 Å². The molecule has 0 aliphatic carbocycles. The highest BCUT2D eigenvalue weighted by atomic mass is 79.9. The largest absolute Gasteiger partial charge is 0.271 e. The Morgan fingerprint density at radius 1 is 1.44 bits per heavy atom. The zero-order valence-electron chi connectivity index (χ0n) is 8.96. The van der Waals surface area contributed by atoms with E-state index < -0.39 is 0 Å². The lowest BCUT2D eigenvalue weighted by Crippen LogP contribution is -2.12. The molecule has 1 aromatic carbocycles. The smallest absolute Gasteiger partial charge is 0.183 e. The number of rotatable bonds is 1. The maximum atomic E-state index is 9.13. The van der Waals surface area contributed by atoms with Crippen molar-refractivity contribution in [2.75, 3.05) is 6.26 Å². The minimum atomic E-state index is 0.240. The Hall–Kier alpha value is -0.730. The average Bonchev–Trinajstić information content (AvgIpc) is 2.35. The Kier molecular flexibility index (Phi) is 5.97. The Morgan fingerprint density at radius 2 is 2.11 bits per heavy atom. The Morgan fingerprint density at radius 3 is 2.61 bits per heavy atom. The molecule has 0 spiro atoms. The quantitative estimate of drug-likeness (QED) is 0.249. The summed E-state index contributed by atoms with van der Waals surface area (Å²) in [7, 11) is 0. The van der Waals surface area contributed by atoms with Crippen molar-refractivity contribution in [2.45, 2.75) is 0 Å². The third-order valence-electron chi connectivity index (χ3n) is 1.83. The van der Waals surface area contributed by atoms with Crippen molar-refractivity contribution in [1.82, 2.24) is 5.32 Å². The molecule has 0 bridgehead atoms. The summed E-state index contributed by atoms with van der Waals surface area (Å²) in [6.45, 7) is 0. The minimum Gasteiger partial charge on any atom is -0.271 e. The molecule has 1 N–H and O–H groups in total. The lowest BCUT2D eigenvalue weighted by molar-refractivity contribution is 1.27. The SMILES string of the molecule is CSC(=Nc1c(Br)cc(Br)c(Cl)c1C#N)NC#N. The first-order valence-corrected chi connectivity index (χ1v) is 7.59. The number of thioether (sulfide) groups is 1. The topological polar surface area (TPSA) is 72.0 Å². The van der Waals surface area contributed by atoms with Gasteiger partial charge in [0.15, 0.2) is 11.4 Å². The molecule has 0 aliphatic rings. The average molecular weight is 409 g/mol. The van der Waals surface area contributed by atoms with Gasteiger partial charge in [-0.1, -0.05) is 23.4 Å². The fraction of sp³-hybridized carbons (Fsp3) is 0.100. The summed E-state index contributed by atoms with van der Waals surface area (Å²) < 4.78 is 1.21. The van der Waals surface area contributed by atoms with Crippen LogP contribution in [0, 0.1) is 22.8 Å². The molecule has 4 nitrogen and oxygen atoms in total. The van der Waals surface area contributed by atoms with Crippen LogP contribution in [-0.2, 0) is 0 Å². The lowest BCUT2D eigenvalue weighted by Gasteiger charge is -2.07. The summed E-state index contributed by atoms with van der Waals surface area (Å²) in [5, 5.41) is 20.8. The van der Waals surface area contributed by atoms with Crippen LogP contribution in [0.3, 0.4) is 0 Å². The third kappa shape index (κ3) is 3.39. The van der Waals surface area contributed by atoms with E-state index in [2.05, 4.69) is 42.2 Å². The van der Waals surface area contributed by atoms with Gasteiger partial charge < -0.3 is 0 Å². The zero-order valence-corrected chi connectivity index (χ0v) is 13.7. The second-order valence-electron chi connectivity index (χ2n) is 2.85. The molecule has 0 radical (unpaired) electrons. The van der Waals surface area contributed by atoms with Gasteiger partial charge in [-0.15, -0.1) is 0 Å². The van der Waals surface area contributed by atoms with Gasteiger partial charge in [0.05, 0.1) is 16.3 Å². The molecular formula is C10H5Br2ClN4S. The number of amidine groups is 1. The third-order valence-corrected chi connectivity index (χ3v) is 4.26. The van der Waals surface area contributed by atoms with Crippen LogP contribution in [0.4, 0.5) is 5.69 Å². The second kappa shape index (κ2) is 7.01. The van der Waals surface area contributed by atoms with Crippen LogP contribution in [0.2, 0.25) is 5.02 Å². The predicted octanol–water partition coefficient (Wildman–Crippen LogP) is 4.16. The van der Waals surface area contributed by atoms with Gasteiger partial charge in [0.1, 0.15) is 6.07 Å². The predicted molar refractivity (Wildman–Crippen MR) is 80.9 cm³/mol. The van der Waals surface area contributed by atoms with Crippen molar-refractivity contribution in [2.24, 2.45) is 4.99 Å². The summed E-state index contributed by atoms with van der Waals surface area (Å²) in [5.74, 6) is 0. The number of hydrogen-bond donors (Lipinski definition) is 1. The van der Waals surface area contributed by atoms with Crippen LogP contribution in [0.5, 0.6) is 0 Å². The number of hydrogen-bond acceptors (Lipinski definition) is 4. The van der Waals surface area contributed by atoms with E-state index in [4.69, 9.17) is 22.1 Å². The highest BCUT2D eigenvalue weighted by molar-refractivity contribution is 9.11. The van der Waals surface area contributed by atoms with Crippen LogP contribution in [0.1, 0.15) is 5.56 Å². The first-order valence-electron chi connectivity index (χ1n) is 4.40. The minimum absolute atomic E-state index is 0.240. The van der Waals surface area contributed by atoms with Gasteiger partial charge in [0.2, 0.25) is 0 Å². The van der Waals surface area contributed by atoms with Gasteiger partial charge in [-0.2, -0.15) is 10.5 Å². The molecule has 0 aliphatic heterocycles. The van der Waals surface area contributed by atoms with E-state index in [-0.39, 0.29) is 10.6 Å². The number of nitrogens with one attached hydrogen (secondary N) is 1. The first-order chi connectivity index (χ1) is 8.54. The molecule has 0 heterocycles. The van der Waals surface area contributed by atoms with E-state index in [0.717, 1.165) is 0 Å². The summed E-state index contributed by atoms with van der Waals surface area (Å²) in [4.78, 5) is 4.21. The van der Waals surface area contributed by atoms with Crippen molar-refractivity contribution >= 4 is 66.1 Å². The number of nitriles is 2. The molecule has 8 heteroatoms. The molecule has 1 rings (SSSR count). The second-order valence-corrected chi connectivity index (χ2v) is 5.73. The van der Waals surface area contributed by atoms with Crippen molar-refractivity contribution in [3.05, 3.63) is 25.6 Å². The maximum absolute atomic E-state index is 9.13. The highest BCUT2D eigenvalue weighted by Gasteiger charge is 2.15. The van der Waals surface area contributed by atoms with Gasteiger partial charge in [-0.3, -0.25) is 5.32 Å². The summed E-state index contributed by atoms with van der Waals surface area (Å²) in [6, 6.07) is 3.70. The molecule has 0 atom stereocenters. The van der Waals surface area contributed by atoms with Gasteiger partial charge in [-0.05, 0) is 44.2 Å². The molecular weight excluding hydrogens is 403 g/mol. The van der Waals surface area contributed by atoms with E-state index in [9.17, 15) is 0 Å². The molecule has 0 amide bonds. The van der Waals surface area contributed by atoms with E-state index in [1.807, 2.05) is 6.07 Å². The van der Waals surface area contributed by atoms with Crippen LogP contribution < -0.4 is 5.32 Å². The Bertz CT molecular complexity index is 589. The highest BCUT2D eigenvalue weighted by Crippen LogP contribution is 2.39. The Balaban J connectivity index is 3.47. The molecule has 0 unspecified atom stereocenters. The van der Waals surface area contributed by atoms with Crippen LogP contribution in [0.15, 0.2) is 20.0 Å². The molecule has 0 aromatic heterocycles. The molecule has 18 heavy (non-hydrogen) atoms. The summed E-state index contributed by atoms with van der Waals surface area (Å²) in [5.41, 5.74) is 0.627.